The first-order chi connectivity index (χ1) is 16.5. The number of carbonyl (C=O) groups is 1. The van der Waals surface area contributed by atoms with Crippen LogP contribution in [0.5, 0.6) is 5.75 Å². The van der Waals surface area contributed by atoms with Gasteiger partial charge in [-0.05, 0) is 60.9 Å². The fourth-order valence-electron chi connectivity index (χ4n) is 4.68. The van der Waals surface area contributed by atoms with Gasteiger partial charge in [0.05, 0.1) is 11.6 Å². The lowest BCUT2D eigenvalue weighted by atomic mass is 9.86. The van der Waals surface area contributed by atoms with Gasteiger partial charge in [0, 0.05) is 23.7 Å². The highest BCUT2D eigenvalue weighted by atomic mass is 19.1. The second kappa shape index (κ2) is 9.25. The normalized spacial score (nSPS) is 18.2. The van der Waals surface area contributed by atoms with Crippen LogP contribution >= 0.6 is 0 Å². The lowest BCUT2D eigenvalue weighted by molar-refractivity contribution is 0.0940. The number of benzene rings is 3. The number of amides is 1. The molecule has 34 heavy (non-hydrogen) atoms. The molecule has 0 saturated heterocycles. The molecule has 4 aromatic rings. The van der Waals surface area contributed by atoms with E-state index < -0.39 is 23.3 Å². The summed E-state index contributed by atoms with van der Waals surface area (Å²) in [6.07, 6.45) is 5.85. The predicted octanol–water partition coefficient (Wildman–Crippen LogP) is 5.85. The van der Waals surface area contributed by atoms with E-state index in [-0.39, 0.29) is 5.56 Å². The number of nitrogens with one attached hydrogen (secondary N) is 1. The van der Waals surface area contributed by atoms with Gasteiger partial charge in [0.25, 0.3) is 5.91 Å². The number of phenolic OH excluding ortho intramolecular Hbond substituents is 1. The first-order valence-electron chi connectivity index (χ1n) is 11.5. The molecular formula is C27H25F2N3O2. The molecule has 5 rings (SSSR count). The molecule has 1 aromatic heterocycles. The Balaban J connectivity index is 1.18. The minimum absolute atomic E-state index is 0.139. The van der Waals surface area contributed by atoms with Crippen LogP contribution in [0, 0.1) is 17.6 Å². The summed E-state index contributed by atoms with van der Waals surface area (Å²) in [5, 5.41) is 17.9. The number of aromatic nitrogens is 2. The van der Waals surface area contributed by atoms with Gasteiger partial charge in [-0.1, -0.05) is 42.5 Å². The fraction of sp³-hybridized carbons (Fsp3) is 0.259. The number of halogens is 2. The summed E-state index contributed by atoms with van der Waals surface area (Å²) in [6.45, 7) is 0.442. The number of fused-ring (bicyclic) bond motifs is 1. The molecule has 1 aliphatic carbocycles. The molecule has 1 heterocycles. The van der Waals surface area contributed by atoms with Crippen LogP contribution in [0.1, 0.15) is 42.1 Å². The van der Waals surface area contributed by atoms with Gasteiger partial charge in [-0.3, -0.25) is 9.48 Å². The van der Waals surface area contributed by atoms with E-state index in [0.29, 0.717) is 18.5 Å². The lowest BCUT2D eigenvalue weighted by Gasteiger charge is -2.28. The standard InChI is InChI=1S/C27H25F2N3O2/c28-23-12-21(13-24(29)26(23)33)27(34)30-15-17-6-10-22(11-7-17)32-16-20-9-8-19(14-25(20)31-32)18-4-2-1-3-5-18/h1-5,8-9,12-14,16-17,22,33H,6-7,10-11,15H2,(H,30,34)/t17-,22-. The average Bonchev–Trinajstić information content (AvgIpc) is 3.30. The third kappa shape index (κ3) is 4.51. The number of hydrogen-bond acceptors (Lipinski definition) is 3. The Labute approximate surface area is 196 Å². The monoisotopic (exact) mass is 461 g/mol. The van der Waals surface area contributed by atoms with Crippen LogP contribution < -0.4 is 5.32 Å². The van der Waals surface area contributed by atoms with Gasteiger partial charge in [-0.25, -0.2) is 8.78 Å². The highest BCUT2D eigenvalue weighted by molar-refractivity contribution is 5.94. The lowest BCUT2D eigenvalue weighted by Crippen LogP contribution is -2.31. The Morgan fingerprint density at radius 3 is 2.38 bits per heavy atom. The molecule has 174 valence electrons. The molecule has 1 amide bonds. The Morgan fingerprint density at radius 2 is 1.68 bits per heavy atom. The van der Waals surface area contributed by atoms with Crippen molar-refractivity contribution in [1.29, 1.82) is 0 Å². The molecule has 3 aromatic carbocycles. The Hall–Kier alpha value is -3.74. The minimum Gasteiger partial charge on any atom is -0.503 e. The number of nitrogens with zero attached hydrogens (tertiary/aromatic N) is 2. The van der Waals surface area contributed by atoms with Crippen molar-refractivity contribution in [3.8, 4) is 16.9 Å². The van der Waals surface area contributed by atoms with Crippen LogP contribution in [0.2, 0.25) is 0 Å². The predicted molar refractivity (Wildman–Crippen MR) is 127 cm³/mol. The van der Waals surface area contributed by atoms with Gasteiger partial charge in [-0.2, -0.15) is 5.10 Å². The third-order valence-electron chi connectivity index (χ3n) is 6.65. The van der Waals surface area contributed by atoms with Gasteiger partial charge in [0.1, 0.15) is 0 Å². The summed E-state index contributed by atoms with van der Waals surface area (Å²) in [6, 6.07) is 18.6. The SMILES string of the molecule is O=C(NC[C@H]1CC[C@H](n2cc3ccc(-c4ccccc4)cc3n2)CC1)c1cc(F)c(O)c(F)c1. The highest BCUT2D eigenvalue weighted by Crippen LogP contribution is 2.33. The van der Waals surface area contributed by atoms with Crippen molar-refractivity contribution >= 4 is 16.8 Å². The highest BCUT2D eigenvalue weighted by Gasteiger charge is 2.24. The molecule has 0 unspecified atom stereocenters. The van der Waals surface area contributed by atoms with Crippen molar-refractivity contribution in [3.63, 3.8) is 0 Å². The zero-order chi connectivity index (χ0) is 23.7. The summed E-state index contributed by atoms with van der Waals surface area (Å²) in [4.78, 5) is 12.3. The van der Waals surface area contributed by atoms with E-state index in [0.717, 1.165) is 54.3 Å². The first-order valence-corrected chi connectivity index (χ1v) is 11.5. The van der Waals surface area contributed by atoms with Gasteiger partial charge in [-0.15, -0.1) is 0 Å². The summed E-state index contributed by atoms with van der Waals surface area (Å²) in [5.41, 5.74) is 3.15. The number of phenols is 1. The van der Waals surface area contributed by atoms with E-state index in [2.05, 4.69) is 46.5 Å². The van der Waals surface area contributed by atoms with Crippen molar-refractivity contribution in [3.05, 3.63) is 84.1 Å². The topological polar surface area (TPSA) is 67.2 Å². The van der Waals surface area contributed by atoms with Crippen molar-refractivity contribution in [2.24, 2.45) is 5.92 Å². The number of rotatable bonds is 5. The first kappa shape index (κ1) is 22.1. The van der Waals surface area contributed by atoms with Crippen molar-refractivity contribution in [1.82, 2.24) is 15.1 Å². The van der Waals surface area contributed by atoms with Gasteiger partial charge >= 0.3 is 0 Å². The Bertz CT molecular complexity index is 1310. The molecule has 1 aliphatic rings. The molecule has 2 N–H and O–H groups in total. The van der Waals surface area contributed by atoms with Crippen molar-refractivity contribution in [2.45, 2.75) is 31.7 Å². The Kier molecular flexibility index (Phi) is 6.01. The molecule has 0 radical (unpaired) electrons. The second-order valence-corrected chi connectivity index (χ2v) is 8.92. The number of hydrogen-bond donors (Lipinski definition) is 2. The average molecular weight is 462 g/mol. The maximum absolute atomic E-state index is 13.5. The summed E-state index contributed by atoms with van der Waals surface area (Å²) in [7, 11) is 0. The summed E-state index contributed by atoms with van der Waals surface area (Å²) >= 11 is 0. The van der Waals surface area contributed by atoms with Gasteiger partial charge in [0.2, 0.25) is 0 Å². The van der Waals surface area contributed by atoms with E-state index in [1.165, 1.54) is 5.56 Å². The maximum atomic E-state index is 13.5. The van der Waals surface area contributed by atoms with Crippen molar-refractivity contribution < 1.29 is 18.7 Å². The van der Waals surface area contributed by atoms with Crippen LogP contribution in [-0.4, -0.2) is 27.3 Å². The molecule has 1 saturated carbocycles. The van der Waals surface area contributed by atoms with Crippen LogP contribution in [0.3, 0.4) is 0 Å². The van der Waals surface area contributed by atoms with Crippen LogP contribution in [0.15, 0.2) is 66.9 Å². The molecule has 0 aliphatic heterocycles. The molecule has 0 atom stereocenters. The summed E-state index contributed by atoms with van der Waals surface area (Å²) in [5.74, 6) is -3.62. The molecule has 7 heteroatoms. The number of aromatic hydroxyl groups is 1. The van der Waals surface area contributed by atoms with Crippen LogP contribution in [0.25, 0.3) is 22.0 Å². The Morgan fingerprint density at radius 1 is 0.971 bits per heavy atom. The van der Waals surface area contributed by atoms with Gasteiger partial charge in [0.15, 0.2) is 17.4 Å². The van der Waals surface area contributed by atoms with Crippen molar-refractivity contribution in [2.75, 3.05) is 6.54 Å². The smallest absolute Gasteiger partial charge is 0.251 e. The zero-order valence-electron chi connectivity index (χ0n) is 18.5. The fourth-order valence-corrected chi connectivity index (χ4v) is 4.68. The quantitative estimate of drug-likeness (QED) is 0.392. The van der Waals surface area contributed by atoms with E-state index >= 15 is 0 Å². The third-order valence-corrected chi connectivity index (χ3v) is 6.65. The molecule has 5 nitrogen and oxygen atoms in total. The van der Waals surface area contributed by atoms with Gasteiger partial charge < -0.3 is 10.4 Å². The van der Waals surface area contributed by atoms with E-state index in [9.17, 15) is 18.7 Å². The summed E-state index contributed by atoms with van der Waals surface area (Å²) < 4.78 is 29.1. The molecule has 0 bridgehead atoms. The van der Waals surface area contributed by atoms with E-state index in [1.807, 2.05) is 18.2 Å². The molecular weight excluding hydrogens is 436 g/mol. The van der Waals surface area contributed by atoms with Crippen LogP contribution in [0.4, 0.5) is 8.78 Å². The zero-order valence-corrected chi connectivity index (χ0v) is 18.5. The number of carbonyl (C=O) groups excluding carboxylic acids is 1. The van der Waals surface area contributed by atoms with E-state index in [1.54, 1.807) is 0 Å². The minimum atomic E-state index is -1.15. The van der Waals surface area contributed by atoms with Crippen LogP contribution in [-0.2, 0) is 0 Å². The largest absolute Gasteiger partial charge is 0.503 e. The van der Waals surface area contributed by atoms with E-state index in [4.69, 9.17) is 5.10 Å². The molecule has 1 fully saturated rings. The molecule has 0 spiro atoms. The maximum Gasteiger partial charge on any atom is 0.251 e. The second-order valence-electron chi connectivity index (χ2n) is 8.92.